The first-order valence-corrected chi connectivity index (χ1v) is 19.3. The van der Waals surface area contributed by atoms with Crippen LogP contribution in [0.25, 0.3) is 21.5 Å². The van der Waals surface area contributed by atoms with Crippen LogP contribution < -0.4 is 80.0 Å². The molecule has 23 heteroatoms. The maximum absolute atomic E-state index is 13.0. The number of fused-ring (bicyclic) bond motifs is 2. The van der Waals surface area contributed by atoms with E-state index in [-0.39, 0.29) is 103 Å². The van der Waals surface area contributed by atoms with Gasteiger partial charge in [-0.05, 0) is 133 Å². The number of nitrogens with one attached hydrogen (secondary N) is 2. The summed E-state index contributed by atoms with van der Waals surface area (Å²) in [5.41, 5.74) is 0.229. The van der Waals surface area contributed by atoms with Gasteiger partial charge in [-0.25, -0.2) is 4.79 Å². The van der Waals surface area contributed by atoms with Crippen molar-refractivity contribution in [2.24, 2.45) is 30.4 Å². The van der Waals surface area contributed by atoms with Gasteiger partial charge in [0.05, 0.1) is 22.7 Å². The minimum atomic E-state index is -4.97. The molecule has 296 valence electrons. The summed E-state index contributed by atoms with van der Waals surface area (Å²) in [6.07, 6.45) is 0. The van der Waals surface area contributed by atoms with Crippen molar-refractivity contribution in [1.29, 1.82) is 0 Å². The Morgan fingerprint density at radius 2 is 0.867 bits per heavy atom. The molecule has 19 nitrogen and oxygen atoms in total. The van der Waals surface area contributed by atoms with Gasteiger partial charge in [-0.1, -0.05) is 0 Å². The first kappa shape index (κ1) is 47.3. The number of carbonyl (C=O) groups is 1. The van der Waals surface area contributed by atoms with E-state index in [4.69, 9.17) is 0 Å². The van der Waals surface area contributed by atoms with Crippen LogP contribution in [-0.4, -0.2) is 54.0 Å². The molecule has 0 heterocycles. The van der Waals surface area contributed by atoms with Gasteiger partial charge in [-0.15, -0.1) is 10.2 Å². The Labute approximate surface area is 385 Å². The van der Waals surface area contributed by atoms with E-state index in [1.165, 1.54) is 98.8 Å². The molecule has 2 amide bonds. The van der Waals surface area contributed by atoms with Gasteiger partial charge in [0, 0.05) is 22.1 Å². The van der Waals surface area contributed by atoms with Gasteiger partial charge in [-0.2, -0.15) is 27.1 Å². The van der Waals surface area contributed by atoms with Gasteiger partial charge in [0.25, 0.3) is 20.2 Å². The number of aromatic hydroxyl groups is 2. The standard InChI is InChI=1S/C37H30N8O11S2.2Na/c1-19(46)38-23-3-7-25(8-4-23)42-44-33-31(57(51,52)53)17-21-15-27(11-13-29(21)35(33)48)40-37(50)41-28-12-14-30-22(16-28)18-32(58(54,55)56)34(36(30)49)45-43-26-9-5-24(6-10-26)39-20(2)47;;/h3-18,48-49H,1-2H3,(H,38,46)(H,39,47)(H2,40,41,50)(H,51,52,53)(H,54,55,56);;/q;2*+1/p-2. The van der Waals surface area contributed by atoms with E-state index in [2.05, 4.69) is 41.1 Å². The van der Waals surface area contributed by atoms with E-state index in [9.17, 15) is 51.2 Å². The Hall–Kier alpha value is -5.33. The van der Waals surface area contributed by atoms with Gasteiger partial charge in [0.15, 0.2) is 11.5 Å². The second-order valence-electron chi connectivity index (χ2n) is 12.2. The second kappa shape index (κ2) is 19.4. The Morgan fingerprint density at radius 3 is 1.18 bits per heavy atom. The number of carbonyl (C=O) groups excluding carboxylic acids is 1. The molecule has 0 aliphatic heterocycles. The number of phenols is 2. The summed E-state index contributed by atoms with van der Waals surface area (Å²) in [6.45, 7) is 2.56. The number of nitrogens with zero attached hydrogens (tertiary/aromatic N) is 6. The largest absolute Gasteiger partial charge is 1.00 e. The topological polar surface area (TPSA) is 311 Å². The average molecular weight is 871 g/mol. The number of phenolic OH excluding ortho intramolecular Hbond substituents is 2. The third kappa shape index (κ3) is 11.5. The molecule has 0 atom stereocenters. The van der Waals surface area contributed by atoms with Crippen LogP contribution in [0.4, 0.5) is 50.3 Å². The summed E-state index contributed by atoms with van der Waals surface area (Å²) >= 11 is 0. The van der Waals surface area contributed by atoms with Gasteiger partial charge in [-0.3, -0.25) is 19.1 Å². The fourth-order valence-electron chi connectivity index (χ4n) is 5.51. The zero-order valence-electron chi connectivity index (χ0n) is 31.9. The van der Waals surface area contributed by atoms with Crippen LogP contribution in [0.5, 0.6) is 11.5 Å². The average Bonchev–Trinajstić information content (AvgIpc) is 3.13. The molecular formula is C37H28N8Na2O11S2. The quantitative estimate of drug-likeness (QED) is 0.0374. The van der Waals surface area contributed by atoms with E-state index < -0.39 is 70.7 Å². The Bertz CT molecular complexity index is 2780. The molecule has 0 radical (unpaired) electrons. The van der Waals surface area contributed by atoms with Crippen molar-refractivity contribution in [3.63, 3.8) is 0 Å². The third-order valence-electron chi connectivity index (χ3n) is 7.98. The summed E-state index contributed by atoms with van der Waals surface area (Å²) in [6, 6.07) is 21.0. The van der Waals surface area contributed by atoms with Crippen molar-refractivity contribution >= 4 is 105 Å². The SMILES string of the molecule is CC([O-])=Nc1ccc(N=Nc2c(S(=O)(=O)O)cc3cc(NC(=O)Nc4ccc5c(O)c(N=Nc6ccc(N=C(C)[O-])cc6)c(S(=O)(=O)O)cc5c4)ccc3c2O)cc1.[Na+].[Na+]. The Balaban J connectivity index is 0.00000397. The molecule has 0 saturated heterocycles. The number of azo groups is 2. The van der Waals surface area contributed by atoms with Crippen molar-refractivity contribution in [3.8, 4) is 11.5 Å². The molecule has 0 bridgehead atoms. The fraction of sp³-hybridized carbons (Fsp3) is 0.0541. The molecule has 6 aromatic rings. The molecule has 6 aromatic carbocycles. The minimum Gasteiger partial charge on any atom is -0.862 e. The number of rotatable bonds is 10. The molecule has 0 aliphatic carbocycles. The molecule has 0 aromatic heterocycles. The number of amides is 2. The third-order valence-corrected chi connectivity index (χ3v) is 9.71. The number of hydrogen-bond donors (Lipinski definition) is 6. The summed E-state index contributed by atoms with van der Waals surface area (Å²) in [7, 11) is -9.93. The number of benzene rings is 6. The van der Waals surface area contributed by atoms with Gasteiger partial charge in [0.1, 0.15) is 21.2 Å². The molecule has 0 unspecified atom stereocenters. The van der Waals surface area contributed by atoms with E-state index in [0.717, 1.165) is 12.1 Å². The van der Waals surface area contributed by atoms with E-state index in [1.807, 2.05) is 0 Å². The number of anilines is 2. The van der Waals surface area contributed by atoms with Crippen LogP contribution in [0.3, 0.4) is 0 Å². The smallest absolute Gasteiger partial charge is 0.862 e. The first-order chi connectivity index (χ1) is 27.3. The van der Waals surface area contributed by atoms with Crippen molar-refractivity contribution in [2.45, 2.75) is 23.6 Å². The maximum atomic E-state index is 13.0. The fourth-order valence-corrected chi connectivity index (χ4v) is 6.82. The van der Waals surface area contributed by atoms with Crippen molar-refractivity contribution in [2.75, 3.05) is 10.6 Å². The van der Waals surface area contributed by atoms with Crippen LogP contribution in [0.2, 0.25) is 0 Å². The van der Waals surface area contributed by atoms with Crippen molar-refractivity contribution in [1.82, 2.24) is 0 Å². The Morgan fingerprint density at radius 1 is 0.533 bits per heavy atom. The molecule has 0 saturated carbocycles. The van der Waals surface area contributed by atoms with Gasteiger partial charge < -0.3 is 31.1 Å². The van der Waals surface area contributed by atoms with Crippen LogP contribution in [0, 0.1) is 0 Å². The number of hydrogen-bond acceptors (Lipinski definition) is 15. The van der Waals surface area contributed by atoms with Crippen LogP contribution in [0.15, 0.2) is 137 Å². The van der Waals surface area contributed by atoms with E-state index in [0.29, 0.717) is 11.4 Å². The molecule has 0 fully saturated rings. The summed E-state index contributed by atoms with van der Waals surface area (Å²) < 4.78 is 69.3. The number of aliphatic imine (C=N–C) groups is 2. The zero-order chi connectivity index (χ0) is 41.9. The van der Waals surface area contributed by atoms with E-state index >= 15 is 0 Å². The molecule has 6 rings (SSSR count). The monoisotopic (exact) mass is 870 g/mol. The predicted molar refractivity (Wildman–Crippen MR) is 210 cm³/mol. The van der Waals surface area contributed by atoms with Crippen LogP contribution in [0.1, 0.15) is 13.8 Å². The summed E-state index contributed by atoms with van der Waals surface area (Å²) in [5.74, 6) is -2.12. The maximum Gasteiger partial charge on any atom is 1.00 e. The molecular weight excluding hydrogens is 843 g/mol. The van der Waals surface area contributed by atoms with Gasteiger partial charge >= 0.3 is 65.1 Å². The normalized spacial score (nSPS) is 12.4. The first-order valence-electron chi connectivity index (χ1n) is 16.5. The molecule has 60 heavy (non-hydrogen) atoms. The van der Waals surface area contributed by atoms with E-state index in [1.54, 1.807) is 0 Å². The molecule has 0 spiro atoms. The predicted octanol–water partition coefficient (Wildman–Crippen LogP) is 1.20. The molecule has 0 aliphatic rings. The van der Waals surface area contributed by atoms with Crippen LogP contribution >= 0.6 is 0 Å². The Kier molecular flexibility index (Phi) is 15.3. The van der Waals surface area contributed by atoms with Gasteiger partial charge in [0.2, 0.25) is 0 Å². The second-order valence-corrected chi connectivity index (χ2v) is 15.0. The minimum absolute atomic E-state index is 0. The summed E-state index contributed by atoms with van der Waals surface area (Å²) in [5, 5.41) is 65.4. The van der Waals surface area contributed by atoms with Crippen LogP contribution in [-0.2, 0) is 20.2 Å². The van der Waals surface area contributed by atoms with Crippen molar-refractivity contribution in [3.05, 3.63) is 97.1 Å². The zero-order valence-corrected chi connectivity index (χ0v) is 37.5. The summed E-state index contributed by atoms with van der Waals surface area (Å²) in [4.78, 5) is 19.0. The molecule has 6 N–H and O–H groups in total. The van der Waals surface area contributed by atoms with Crippen molar-refractivity contribution < 1.29 is 110 Å². The number of urea groups is 1.